The van der Waals surface area contributed by atoms with Crippen molar-refractivity contribution in [3.8, 4) is 22.9 Å². The van der Waals surface area contributed by atoms with Gasteiger partial charge in [0, 0.05) is 11.3 Å². The van der Waals surface area contributed by atoms with Crippen molar-refractivity contribution < 1.29 is 26.7 Å². The van der Waals surface area contributed by atoms with E-state index >= 15 is 0 Å². The van der Waals surface area contributed by atoms with E-state index in [1.54, 1.807) is 0 Å². The van der Waals surface area contributed by atoms with Crippen LogP contribution in [-0.4, -0.2) is 11.3 Å². The molecule has 2 aromatic rings. The number of nitrogens with zero attached hydrogens (tertiary/aromatic N) is 1. The molecule has 4 nitrogen and oxygen atoms in total. The van der Waals surface area contributed by atoms with E-state index in [1.807, 2.05) is 0 Å². The Morgan fingerprint density at radius 2 is 1.91 bits per heavy atom. The van der Waals surface area contributed by atoms with E-state index in [0.717, 1.165) is 6.07 Å². The summed E-state index contributed by atoms with van der Waals surface area (Å²) in [5.74, 6) is -4.16. The van der Waals surface area contributed by atoms with Crippen molar-refractivity contribution in [3.05, 3.63) is 51.4 Å². The molecule has 1 aromatic heterocycles. The molecule has 1 heterocycles. The Labute approximate surface area is 125 Å². The number of hydrogen-bond donors (Lipinski definition) is 1. The minimum atomic E-state index is -5.16. The first-order valence-electron chi connectivity index (χ1n) is 6.02. The lowest BCUT2D eigenvalue weighted by Crippen LogP contribution is -2.19. The highest BCUT2D eigenvalue weighted by Gasteiger charge is 2.34. The molecule has 0 aliphatic rings. The number of ether oxygens (including phenoxy) is 1. The molecule has 23 heavy (non-hydrogen) atoms. The Morgan fingerprint density at radius 3 is 2.48 bits per heavy atom. The second kappa shape index (κ2) is 5.72. The van der Waals surface area contributed by atoms with Crippen molar-refractivity contribution in [1.82, 2.24) is 4.98 Å². The normalized spacial score (nSPS) is 11.2. The van der Waals surface area contributed by atoms with Crippen LogP contribution in [0.15, 0.2) is 23.0 Å². The number of aromatic amines is 1. The highest BCUT2D eigenvalue weighted by atomic mass is 19.4. The molecule has 0 unspecified atom stereocenters. The number of H-pyrrole nitrogens is 1. The minimum Gasteiger partial charge on any atom is -0.405 e. The maximum atomic E-state index is 14.1. The molecule has 0 spiro atoms. The largest absolute Gasteiger partial charge is 0.573 e. The van der Waals surface area contributed by atoms with Gasteiger partial charge in [-0.05, 0) is 25.1 Å². The summed E-state index contributed by atoms with van der Waals surface area (Å²) in [6.45, 7) is 1.37. The molecule has 2 rings (SSSR count). The molecule has 0 amide bonds. The van der Waals surface area contributed by atoms with Crippen molar-refractivity contribution in [2.75, 3.05) is 0 Å². The zero-order valence-electron chi connectivity index (χ0n) is 11.4. The number of nitriles is 1. The van der Waals surface area contributed by atoms with Gasteiger partial charge in [-0.2, -0.15) is 5.26 Å². The minimum absolute atomic E-state index is 0.144. The summed E-state index contributed by atoms with van der Waals surface area (Å²) in [5.41, 5.74) is -2.90. The van der Waals surface area contributed by atoms with E-state index in [-0.39, 0.29) is 5.69 Å². The number of benzene rings is 1. The smallest absolute Gasteiger partial charge is 0.405 e. The topological polar surface area (TPSA) is 65.9 Å². The molecule has 1 N–H and O–H groups in total. The summed E-state index contributed by atoms with van der Waals surface area (Å²) < 4.78 is 68.5. The van der Waals surface area contributed by atoms with Crippen LogP contribution in [0.3, 0.4) is 0 Å². The van der Waals surface area contributed by atoms with Gasteiger partial charge in [-0.3, -0.25) is 4.79 Å². The molecule has 0 atom stereocenters. The number of nitrogens with one attached hydrogen (secondary N) is 1. The zero-order valence-corrected chi connectivity index (χ0v) is 11.4. The summed E-state index contributed by atoms with van der Waals surface area (Å²) in [7, 11) is 0. The second-order valence-corrected chi connectivity index (χ2v) is 4.46. The Bertz CT molecular complexity index is 865. The number of rotatable bonds is 2. The van der Waals surface area contributed by atoms with E-state index in [9.17, 15) is 26.7 Å². The molecular formula is C14H7F5N2O2. The number of alkyl halides is 3. The Morgan fingerprint density at radius 1 is 1.26 bits per heavy atom. The van der Waals surface area contributed by atoms with Gasteiger partial charge in [0.1, 0.15) is 17.4 Å². The van der Waals surface area contributed by atoms with Crippen LogP contribution in [0.5, 0.6) is 5.75 Å². The maximum Gasteiger partial charge on any atom is 0.573 e. The van der Waals surface area contributed by atoms with Gasteiger partial charge in [0.2, 0.25) is 0 Å². The number of aromatic nitrogens is 1. The monoisotopic (exact) mass is 330 g/mol. The van der Waals surface area contributed by atoms with Crippen molar-refractivity contribution >= 4 is 0 Å². The summed E-state index contributed by atoms with van der Waals surface area (Å²) in [4.78, 5) is 13.9. The Hall–Kier alpha value is -2.89. The number of hydrogen-bond acceptors (Lipinski definition) is 3. The number of aryl methyl sites for hydroxylation is 1. The summed E-state index contributed by atoms with van der Waals surface area (Å²) in [5, 5.41) is 8.99. The van der Waals surface area contributed by atoms with Crippen LogP contribution < -0.4 is 10.3 Å². The fraction of sp³-hybridized carbons (Fsp3) is 0.143. The van der Waals surface area contributed by atoms with Gasteiger partial charge in [-0.25, -0.2) is 8.78 Å². The van der Waals surface area contributed by atoms with Crippen LogP contribution >= 0.6 is 0 Å². The first-order valence-corrected chi connectivity index (χ1v) is 6.02. The molecule has 9 heteroatoms. The van der Waals surface area contributed by atoms with Gasteiger partial charge < -0.3 is 9.72 Å². The van der Waals surface area contributed by atoms with Crippen LogP contribution in [-0.2, 0) is 0 Å². The lowest BCUT2D eigenvalue weighted by atomic mass is 9.99. The number of halogens is 5. The highest BCUT2D eigenvalue weighted by molar-refractivity contribution is 5.76. The lowest BCUT2D eigenvalue weighted by Gasteiger charge is -2.15. The van der Waals surface area contributed by atoms with E-state index in [4.69, 9.17) is 5.26 Å². The molecule has 0 fully saturated rings. The summed E-state index contributed by atoms with van der Waals surface area (Å²) in [6, 6.07) is 3.53. The van der Waals surface area contributed by atoms with E-state index in [0.29, 0.717) is 12.1 Å². The van der Waals surface area contributed by atoms with Crippen LogP contribution in [0, 0.1) is 29.9 Å². The molecule has 0 saturated heterocycles. The van der Waals surface area contributed by atoms with Gasteiger partial charge >= 0.3 is 6.36 Å². The van der Waals surface area contributed by atoms with Crippen molar-refractivity contribution in [3.63, 3.8) is 0 Å². The van der Waals surface area contributed by atoms with Crippen LogP contribution in [0.25, 0.3) is 11.1 Å². The lowest BCUT2D eigenvalue weighted by molar-refractivity contribution is -0.274. The Balaban J connectivity index is 2.85. The first-order chi connectivity index (χ1) is 10.6. The predicted molar refractivity (Wildman–Crippen MR) is 68.5 cm³/mol. The average molecular weight is 330 g/mol. The van der Waals surface area contributed by atoms with Gasteiger partial charge in [-0.15, -0.1) is 13.2 Å². The molecule has 120 valence electrons. The highest BCUT2D eigenvalue weighted by Crippen LogP contribution is 2.37. The molecule has 0 radical (unpaired) electrons. The van der Waals surface area contributed by atoms with Crippen LogP contribution in [0.2, 0.25) is 0 Å². The fourth-order valence-electron chi connectivity index (χ4n) is 1.99. The van der Waals surface area contributed by atoms with E-state index < -0.39 is 46.0 Å². The van der Waals surface area contributed by atoms with Gasteiger partial charge in [0.15, 0.2) is 11.6 Å². The summed E-state index contributed by atoms with van der Waals surface area (Å²) >= 11 is 0. The molecule has 0 aliphatic carbocycles. The summed E-state index contributed by atoms with van der Waals surface area (Å²) in [6.07, 6.45) is -5.16. The predicted octanol–water partition coefficient (Wildman–Crippen LogP) is 3.40. The molecule has 0 bridgehead atoms. The average Bonchev–Trinajstić information content (AvgIpc) is 2.41. The van der Waals surface area contributed by atoms with Gasteiger partial charge in [-0.1, -0.05) is 0 Å². The van der Waals surface area contributed by atoms with Gasteiger partial charge in [0.05, 0.1) is 5.56 Å². The standard InChI is InChI=1S/C14H7F5N2O2/c1-6-4-7(8(5-20)13(22)21-6)11-10(23-14(17,18)19)3-2-9(15)12(11)16/h2-4H,1H3,(H,21,22). The maximum absolute atomic E-state index is 14.1. The van der Waals surface area contributed by atoms with E-state index in [2.05, 4.69) is 9.72 Å². The fourth-order valence-corrected chi connectivity index (χ4v) is 1.99. The Kier molecular flexibility index (Phi) is 4.10. The zero-order chi connectivity index (χ0) is 17.4. The SMILES string of the molecule is Cc1cc(-c2c(OC(F)(F)F)ccc(F)c2F)c(C#N)c(=O)[nH]1. The van der Waals surface area contributed by atoms with E-state index in [1.165, 1.54) is 13.0 Å². The molecule has 1 aromatic carbocycles. The third kappa shape index (κ3) is 3.31. The molecular weight excluding hydrogens is 323 g/mol. The van der Waals surface area contributed by atoms with Crippen molar-refractivity contribution in [2.45, 2.75) is 13.3 Å². The number of pyridine rings is 1. The molecule has 0 aliphatic heterocycles. The quantitative estimate of drug-likeness (QED) is 0.858. The van der Waals surface area contributed by atoms with Crippen LogP contribution in [0.1, 0.15) is 11.3 Å². The third-order valence-electron chi connectivity index (χ3n) is 2.83. The van der Waals surface area contributed by atoms with Gasteiger partial charge in [0.25, 0.3) is 5.56 Å². The van der Waals surface area contributed by atoms with Crippen molar-refractivity contribution in [2.24, 2.45) is 0 Å². The first kappa shape index (κ1) is 16.5. The molecule has 0 saturated carbocycles. The second-order valence-electron chi connectivity index (χ2n) is 4.46. The third-order valence-corrected chi connectivity index (χ3v) is 2.83. The van der Waals surface area contributed by atoms with Crippen LogP contribution in [0.4, 0.5) is 22.0 Å². The van der Waals surface area contributed by atoms with Crippen molar-refractivity contribution in [1.29, 1.82) is 5.26 Å².